The average Bonchev–Trinajstić information content (AvgIpc) is 2.44. The van der Waals surface area contributed by atoms with Crippen LogP contribution in [0, 0.1) is 0 Å². The van der Waals surface area contributed by atoms with Crippen molar-refractivity contribution in [2.24, 2.45) is 0 Å². The van der Waals surface area contributed by atoms with Gasteiger partial charge in [-0.1, -0.05) is 31.4 Å². The fourth-order valence-corrected chi connectivity index (χ4v) is 2.91. The summed E-state index contributed by atoms with van der Waals surface area (Å²) in [6.07, 6.45) is 7.76. The Balaban J connectivity index is 2.08. The fraction of sp³-hybridized carbons (Fsp3) is 0.647. The molecule has 1 aliphatic rings. The Morgan fingerprint density at radius 2 is 1.75 bits per heavy atom. The number of hydrogen-bond acceptors (Lipinski definition) is 3. The minimum absolute atomic E-state index is 0.238. The molecule has 20 heavy (non-hydrogen) atoms. The first-order valence-corrected chi connectivity index (χ1v) is 7.91. The van der Waals surface area contributed by atoms with E-state index in [-0.39, 0.29) is 6.10 Å². The summed E-state index contributed by atoms with van der Waals surface area (Å²) in [7, 11) is 2.04. The van der Waals surface area contributed by atoms with Crippen LogP contribution in [0.15, 0.2) is 24.3 Å². The summed E-state index contributed by atoms with van der Waals surface area (Å²) in [5.74, 6) is 1.73. The monoisotopic (exact) mass is 277 g/mol. The van der Waals surface area contributed by atoms with Gasteiger partial charge in [-0.2, -0.15) is 0 Å². The van der Waals surface area contributed by atoms with Gasteiger partial charge in [-0.15, -0.1) is 0 Å². The van der Waals surface area contributed by atoms with E-state index in [1.165, 1.54) is 32.1 Å². The Hall–Kier alpha value is -1.22. The first-order chi connectivity index (χ1) is 9.85. The highest BCUT2D eigenvalue weighted by Gasteiger charge is 2.24. The lowest BCUT2D eigenvalue weighted by molar-refractivity contribution is 0.125. The molecular weight excluding hydrogens is 250 g/mol. The van der Waals surface area contributed by atoms with Crippen molar-refractivity contribution in [2.45, 2.75) is 57.6 Å². The Morgan fingerprint density at radius 1 is 1.05 bits per heavy atom. The maximum absolute atomic E-state index is 6.29. The second-order valence-corrected chi connectivity index (χ2v) is 5.42. The maximum Gasteiger partial charge on any atom is 0.161 e. The molecule has 0 saturated heterocycles. The van der Waals surface area contributed by atoms with Gasteiger partial charge in [0.15, 0.2) is 11.5 Å². The number of rotatable bonds is 5. The molecule has 3 nitrogen and oxygen atoms in total. The van der Waals surface area contributed by atoms with Crippen LogP contribution in [0.5, 0.6) is 11.5 Å². The lowest BCUT2D eigenvalue weighted by Gasteiger charge is -2.30. The van der Waals surface area contributed by atoms with Gasteiger partial charge in [-0.3, -0.25) is 0 Å². The quantitative estimate of drug-likeness (QED) is 0.888. The summed E-state index contributed by atoms with van der Waals surface area (Å²) in [6.45, 7) is 2.67. The van der Waals surface area contributed by atoms with Crippen LogP contribution in [-0.4, -0.2) is 25.8 Å². The molecule has 1 saturated carbocycles. The number of likely N-dealkylation sites (N-methyl/N-ethyl adjacent to an activating group) is 1. The van der Waals surface area contributed by atoms with Crippen molar-refractivity contribution < 1.29 is 9.47 Å². The predicted octanol–water partition coefficient (Wildman–Crippen LogP) is 3.77. The minimum atomic E-state index is 0.238. The van der Waals surface area contributed by atoms with Gasteiger partial charge in [-0.05, 0) is 45.4 Å². The highest BCUT2D eigenvalue weighted by atomic mass is 16.5. The molecule has 1 N–H and O–H groups in total. The van der Waals surface area contributed by atoms with Crippen molar-refractivity contribution in [3.05, 3.63) is 24.3 Å². The van der Waals surface area contributed by atoms with Crippen LogP contribution in [0.2, 0.25) is 0 Å². The van der Waals surface area contributed by atoms with E-state index in [9.17, 15) is 0 Å². The smallest absolute Gasteiger partial charge is 0.161 e. The summed E-state index contributed by atoms with van der Waals surface area (Å²) >= 11 is 0. The molecule has 3 heteroatoms. The Labute approximate surface area is 122 Å². The molecule has 1 aliphatic carbocycles. The van der Waals surface area contributed by atoms with Gasteiger partial charge < -0.3 is 14.8 Å². The summed E-state index contributed by atoms with van der Waals surface area (Å²) in [6, 6.07) is 8.43. The van der Waals surface area contributed by atoms with E-state index in [4.69, 9.17) is 9.47 Å². The molecule has 0 amide bonds. The average molecular weight is 277 g/mol. The van der Waals surface area contributed by atoms with Crippen molar-refractivity contribution in [3.8, 4) is 11.5 Å². The van der Waals surface area contributed by atoms with Crippen molar-refractivity contribution >= 4 is 0 Å². The van der Waals surface area contributed by atoms with Crippen LogP contribution in [0.3, 0.4) is 0 Å². The molecule has 0 aliphatic heterocycles. The van der Waals surface area contributed by atoms with E-state index >= 15 is 0 Å². The third-order valence-corrected chi connectivity index (χ3v) is 4.00. The van der Waals surface area contributed by atoms with E-state index in [2.05, 4.69) is 5.32 Å². The van der Waals surface area contributed by atoms with E-state index in [0.29, 0.717) is 12.6 Å². The zero-order valence-electron chi connectivity index (χ0n) is 12.7. The van der Waals surface area contributed by atoms with Crippen LogP contribution in [0.1, 0.15) is 45.4 Å². The second-order valence-electron chi connectivity index (χ2n) is 5.42. The number of para-hydroxylation sites is 2. The van der Waals surface area contributed by atoms with E-state index in [1.54, 1.807) is 0 Å². The number of nitrogens with one attached hydrogen (secondary N) is 1. The lowest BCUT2D eigenvalue weighted by atomic mass is 9.94. The Kier molecular flexibility index (Phi) is 6.19. The van der Waals surface area contributed by atoms with Gasteiger partial charge in [0, 0.05) is 6.04 Å². The molecule has 2 rings (SSSR count). The zero-order chi connectivity index (χ0) is 14.2. The van der Waals surface area contributed by atoms with E-state index in [1.807, 2.05) is 38.2 Å². The SMILES string of the molecule is CCOc1ccccc1OC1CCCCCCC1NC. The van der Waals surface area contributed by atoms with Gasteiger partial charge in [0.2, 0.25) is 0 Å². The first kappa shape index (κ1) is 15.2. The standard InChI is InChI=1S/C17H27NO2/c1-3-19-16-12-8-9-13-17(16)20-15-11-7-5-4-6-10-14(15)18-2/h8-9,12-15,18H,3-7,10-11H2,1-2H3. The van der Waals surface area contributed by atoms with Crippen molar-refractivity contribution in [2.75, 3.05) is 13.7 Å². The van der Waals surface area contributed by atoms with Gasteiger partial charge >= 0.3 is 0 Å². The summed E-state index contributed by atoms with van der Waals surface area (Å²) < 4.78 is 11.9. The fourth-order valence-electron chi connectivity index (χ4n) is 2.91. The molecule has 0 bridgehead atoms. The molecular formula is C17H27NO2. The molecule has 2 unspecified atom stereocenters. The summed E-state index contributed by atoms with van der Waals surface area (Å²) in [5, 5.41) is 3.43. The van der Waals surface area contributed by atoms with Gasteiger partial charge in [0.05, 0.1) is 6.61 Å². The first-order valence-electron chi connectivity index (χ1n) is 7.91. The molecule has 0 spiro atoms. The van der Waals surface area contributed by atoms with E-state index in [0.717, 1.165) is 17.9 Å². The molecule has 112 valence electrons. The largest absolute Gasteiger partial charge is 0.490 e. The molecule has 0 heterocycles. The third-order valence-electron chi connectivity index (χ3n) is 4.00. The highest BCUT2D eigenvalue weighted by molar-refractivity contribution is 5.39. The number of hydrogen-bond donors (Lipinski definition) is 1. The van der Waals surface area contributed by atoms with Crippen LogP contribution in [0.25, 0.3) is 0 Å². The summed E-state index contributed by atoms with van der Waals surface area (Å²) in [5.41, 5.74) is 0. The highest BCUT2D eigenvalue weighted by Crippen LogP contribution is 2.30. The van der Waals surface area contributed by atoms with Gasteiger partial charge in [-0.25, -0.2) is 0 Å². The third kappa shape index (κ3) is 4.14. The summed E-state index contributed by atoms with van der Waals surface area (Å²) in [4.78, 5) is 0. The van der Waals surface area contributed by atoms with Crippen molar-refractivity contribution in [1.82, 2.24) is 5.32 Å². The minimum Gasteiger partial charge on any atom is -0.490 e. The number of ether oxygens (including phenoxy) is 2. The Bertz CT molecular complexity index is 394. The molecule has 0 radical (unpaired) electrons. The van der Waals surface area contributed by atoms with Crippen LogP contribution in [-0.2, 0) is 0 Å². The predicted molar refractivity (Wildman–Crippen MR) is 82.6 cm³/mol. The lowest BCUT2D eigenvalue weighted by Crippen LogP contribution is -2.42. The topological polar surface area (TPSA) is 30.5 Å². The molecule has 0 aromatic heterocycles. The van der Waals surface area contributed by atoms with Crippen LogP contribution in [0.4, 0.5) is 0 Å². The molecule has 2 atom stereocenters. The van der Waals surface area contributed by atoms with Gasteiger partial charge in [0.25, 0.3) is 0 Å². The van der Waals surface area contributed by atoms with E-state index < -0.39 is 0 Å². The number of benzene rings is 1. The van der Waals surface area contributed by atoms with Crippen molar-refractivity contribution in [3.63, 3.8) is 0 Å². The van der Waals surface area contributed by atoms with Crippen LogP contribution >= 0.6 is 0 Å². The van der Waals surface area contributed by atoms with Gasteiger partial charge in [0.1, 0.15) is 6.10 Å². The maximum atomic E-state index is 6.29. The Morgan fingerprint density at radius 3 is 2.45 bits per heavy atom. The van der Waals surface area contributed by atoms with Crippen molar-refractivity contribution in [1.29, 1.82) is 0 Å². The molecule has 1 fully saturated rings. The van der Waals surface area contributed by atoms with Crippen LogP contribution < -0.4 is 14.8 Å². The zero-order valence-corrected chi connectivity index (χ0v) is 12.7. The normalized spacial score (nSPS) is 23.7. The molecule has 1 aromatic rings. The second kappa shape index (κ2) is 8.15. The molecule has 1 aromatic carbocycles.